The molecule has 0 aliphatic carbocycles. The van der Waals surface area contributed by atoms with E-state index in [2.05, 4.69) is 5.32 Å². The third-order valence-corrected chi connectivity index (χ3v) is 4.08. The molecule has 0 unspecified atom stereocenters. The van der Waals surface area contributed by atoms with Crippen molar-refractivity contribution in [3.8, 4) is 23.0 Å². The number of hydrogen-bond donors (Lipinski definition) is 1. The van der Waals surface area contributed by atoms with Gasteiger partial charge in [-0.25, -0.2) is 0 Å². The molecule has 2 aromatic carbocycles. The number of esters is 1. The third-order valence-electron chi connectivity index (χ3n) is 4.08. The Morgan fingerprint density at radius 1 is 0.828 bits per heavy atom. The van der Waals surface area contributed by atoms with Crippen LogP contribution in [0.3, 0.4) is 0 Å². The van der Waals surface area contributed by atoms with Crippen LogP contribution in [0.15, 0.2) is 36.4 Å². The zero-order valence-electron chi connectivity index (χ0n) is 16.9. The summed E-state index contributed by atoms with van der Waals surface area (Å²) >= 11 is 0. The first-order valence-corrected chi connectivity index (χ1v) is 8.88. The molecule has 156 valence electrons. The number of nitrogens with one attached hydrogen (secondary N) is 1. The predicted molar refractivity (Wildman–Crippen MR) is 107 cm³/mol. The minimum atomic E-state index is -0.483. The molecular formula is C21H25NO7. The SMILES string of the molecule is COc1cc(CCC(=O)OCC(=O)Nc2ccc(OC)cc2OC)cc(OC)c1. The summed E-state index contributed by atoms with van der Waals surface area (Å²) in [6.07, 6.45) is 0.551. The molecule has 8 nitrogen and oxygen atoms in total. The van der Waals surface area contributed by atoms with Gasteiger partial charge in [0.1, 0.15) is 23.0 Å². The molecule has 0 aliphatic rings. The van der Waals surface area contributed by atoms with Crippen molar-refractivity contribution in [1.29, 1.82) is 0 Å². The fourth-order valence-electron chi connectivity index (χ4n) is 2.56. The Morgan fingerprint density at radius 2 is 1.48 bits per heavy atom. The normalized spacial score (nSPS) is 10.1. The van der Waals surface area contributed by atoms with Gasteiger partial charge in [0.15, 0.2) is 6.61 Å². The zero-order valence-corrected chi connectivity index (χ0v) is 16.9. The third kappa shape index (κ3) is 6.60. The van der Waals surface area contributed by atoms with Gasteiger partial charge in [0.25, 0.3) is 5.91 Å². The number of carbonyl (C=O) groups excluding carboxylic acids is 2. The standard InChI is InChI=1S/C21H25NO7/c1-25-15-6-7-18(19(12-15)28-4)22-20(23)13-29-21(24)8-5-14-9-16(26-2)11-17(10-14)27-3/h6-7,9-12H,5,8,13H2,1-4H3,(H,22,23). The molecule has 0 fully saturated rings. The number of aryl methyl sites for hydroxylation is 1. The van der Waals surface area contributed by atoms with Crippen molar-refractivity contribution in [2.24, 2.45) is 0 Å². The predicted octanol–water partition coefficient (Wildman–Crippen LogP) is 2.84. The summed E-state index contributed by atoms with van der Waals surface area (Å²) in [6.45, 7) is -0.393. The van der Waals surface area contributed by atoms with E-state index in [1.807, 2.05) is 12.1 Å². The van der Waals surface area contributed by atoms with Crippen LogP contribution in [-0.4, -0.2) is 46.9 Å². The number of benzene rings is 2. The molecule has 0 aliphatic heterocycles. The molecule has 0 heterocycles. The van der Waals surface area contributed by atoms with Crippen LogP contribution >= 0.6 is 0 Å². The monoisotopic (exact) mass is 403 g/mol. The van der Waals surface area contributed by atoms with Crippen LogP contribution in [0.1, 0.15) is 12.0 Å². The lowest BCUT2D eigenvalue weighted by Crippen LogP contribution is -2.21. The first-order chi connectivity index (χ1) is 14.0. The maximum absolute atomic E-state index is 12.1. The highest BCUT2D eigenvalue weighted by atomic mass is 16.5. The zero-order chi connectivity index (χ0) is 21.2. The molecule has 8 heteroatoms. The van der Waals surface area contributed by atoms with Gasteiger partial charge in [-0.2, -0.15) is 0 Å². The number of hydrogen-bond acceptors (Lipinski definition) is 7. The summed E-state index contributed by atoms with van der Waals surface area (Å²) in [5, 5.41) is 2.64. The van der Waals surface area contributed by atoms with Crippen molar-refractivity contribution < 1.29 is 33.3 Å². The second-order valence-electron chi connectivity index (χ2n) is 6.00. The van der Waals surface area contributed by atoms with Crippen molar-refractivity contribution in [3.63, 3.8) is 0 Å². The number of methoxy groups -OCH3 is 4. The van der Waals surface area contributed by atoms with Crippen molar-refractivity contribution in [2.45, 2.75) is 12.8 Å². The van der Waals surface area contributed by atoms with Crippen LogP contribution in [0.5, 0.6) is 23.0 Å². The Morgan fingerprint density at radius 3 is 2.07 bits per heavy atom. The highest BCUT2D eigenvalue weighted by molar-refractivity contribution is 5.94. The number of rotatable bonds is 10. The van der Waals surface area contributed by atoms with Gasteiger partial charge < -0.3 is 29.0 Å². The average Bonchev–Trinajstić information content (AvgIpc) is 2.76. The Labute approximate surface area is 169 Å². The van der Waals surface area contributed by atoms with E-state index in [0.717, 1.165) is 5.56 Å². The van der Waals surface area contributed by atoms with Gasteiger partial charge in [-0.05, 0) is 36.2 Å². The van der Waals surface area contributed by atoms with Crippen LogP contribution in [0.25, 0.3) is 0 Å². The Hall–Kier alpha value is -3.42. The van der Waals surface area contributed by atoms with Crippen molar-refractivity contribution in [3.05, 3.63) is 42.0 Å². The Balaban J connectivity index is 1.84. The number of anilines is 1. The van der Waals surface area contributed by atoms with E-state index < -0.39 is 18.5 Å². The highest BCUT2D eigenvalue weighted by Crippen LogP contribution is 2.29. The summed E-state index contributed by atoms with van der Waals surface area (Å²) < 4.78 is 25.8. The molecule has 1 amide bonds. The van der Waals surface area contributed by atoms with E-state index in [0.29, 0.717) is 35.1 Å². The largest absolute Gasteiger partial charge is 0.497 e. The summed E-state index contributed by atoms with van der Waals surface area (Å²) in [5.41, 5.74) is 1.32. The van der Waals surface area contributed by atoms with Crippen LogP contribution < -0.4 is 24.3 Å². The van der Waals surface area contributed by atoms with E-state index in [9.17, 15) is 9.59 Å². The fourth-order valence-corrected chi connectivity index (χ4v) is 2.56. The lowest BCUT2D eigenvalue weighted by molar-refractivity contribution is -0.147. The van der Waals surface area contributed by atoms with Gasteiger partial charge in [-0.1, -0.05) is 0 Å². The molecule has 2 rings (SSSR count). The van der Waals surface area contributed by atoms with Crippen molar-refractivity contribution in [1.82, 2.24) is 0 Å². The summed E-state index contributed by atoms with van der Waals surface area (Å²) in [7, 11) is 6.14. The van der Waals surface area contributed by atoms with Gasteiger partial charge in [0, 0.05) is 18.6 Å². The second kappa shape index (κ2) is 10.8. The van der Waals surface area contributed by atoms with Crippen molar-refractivity contribution >= 4 is 17.6 Å². The number of carbonyl (C=O) groups is 2. The lowest BCUT2D eigenvalue weighted by atomic mass is 10.1. The summed E-state index contributed by atoms with van der Waals surface area (Å²) in [5.74, 6) is 1.37. The molecule has 0 spiro atoms. The van der Waals surface area contributed by atoms with Crippen LogP contribution in [0.4, 0.5) is 5.69 Å². The minimum Gasteiger partial charge on any atom is -0.497 e. The van der Waals surface area contributed by atoms with E-state index in [4.69, 9.17) is 23.7 Å². The number of ether oxygens (including phenoxy) is 5. The molecule has 0 saturated carbocycles. The molecule has 0 saturated heterocycles. The smallest absolute Gasteiger partial charge is 0.306 e. The second-order valence-corrected chi connectivity index (χ2v) is 6.00. The van der Waals surface area contributed by atoms with Gasteiger partial charge in [-0.3, -0.25) is 9.59 Å². The van der Waals surface area contributed by atoms with Crippen LogP contribution in [0, 0.1) is 0 Å². The molecule has 2 aromatic rings. The summed E-state index contributed by atoms with van der Waals surface area (Å²) in [4.78, 5) is 24.1. The van der Waals surface area contributed by atoms with Gasteiger partial charge in [0.05, 0.1) is 34.1 Å². The van der Waals surface area contributed by atoms with E-state index in [1.54, 1.807) is 38.5 Å². The minimum absolute atomic E-state index is 0.120. The molecule has 29 heavy (non-hydrogen) atoms. The van der Waals surface area contributed by atoms with E-state index in [-0.39, 0.29) is 6.42 Å². The molecule has 0 bridgehead atoms. The quantitative estimate of drug-likeness (QED) is 0.610. The van der Waals surface area contributed by atoms with Gasteiger partial charge in [0.2, 0.25) is 0 Å². The molecule has 0 aromatic heterocycles. The first-order valence-electron chi connectivity index (χ1n) is 8.88. The average molecular weight is 403 g/mol. The van der Waals surface area contributed by atoms with Crippen LogP contribution in [-0.2, 0) is 20.7 Å². The maximum Gasteiger partial charge on any atom is 0.306 e. The van der Waals surface area contributed by atoms with E-state index in [1.165, 1.54) is 14.2 Å². The van der Waals surface area contributed by atoms with Crippen molar-refractivity contribution in [2.75, 3.05) is 40.4 Å². The fraction of sp³-hybridized carbons (Fsp3) is 0.333. The molecule has 0 radical (unpaired) electrons. The Kier molecular flexibility index (Phi) is 8.14. The van der Waals surface area contributed by atoms with Gasteiger partial charge >= 0.3 is 5.97 Å². The highest BCUT2D eigenvalue weighted by Gasteiger charge is 2.12. The van der Waals surface area contributed by atoms with E-state index >= 15 is 0 Å². The topological polar surface area (TPSA) is 92.3 Å². The molecule has 0 atom stereocenters. The molecule has 1 N–H and O–H groups in total. The van der Waals surface area contributed by atoms with Crippen LogP contribution in [0.2, 0.25) is 0 Å². The van der Waals surface area contributed by atoms with Gasteiger partial charge in [-0.15, -0.1) is 0 Å². The first kappa shape index (κ1) is 21.9. The summed E-state index contributed by atoms with van der Waals surface area (Å²) in [6, 6.07) is 10.4. The maximum atomic E-state index is 12.1. The number of amides is 1. The lowest BCUT2D eigenvalue weighted by Gasteiger charge is -2.12. The molecular weight excluding hydrogens is 378 g/mol. The Bertz CT molecular complexity index is 829.